The van der Waals surface area contributed by atoms with Crippen LogP contribution in [0.15, 0.2) is 101 Å². The van der Waals surface area contributed by atoms with Crippen molar-refractivity contribution in [1.29, 1.82) is 0 Å². The molecule has 0 aliphatic heterocycles. The molecular weight excluding hydrogens is 708 g/mol. The van der Waals surface area contributed by atoms with E-state index in [2.05, 4.69) is 18.3 Å². The Bertz CT molecular complexity index is 2020. The third kappa shape index (κ3) is 9.19. The van der Waals surface area contributed by atoms with Crippen molar-refractivity contribution < 1.29 is 40.7 Å². The number of ether oxygens (including phenoxy) is 2. The highest BCUT2D eigenvalue weighted by molar-refractivity contribution is 7.90. The summed E-state index contributed by atoms with van der Waals surface area (Å²) in [5.74, 6) is 0.588. The summed E-state index contributed by atoms with van der Waals surface area (Å²) in [4.78, 5) is 26.5. The molecule has 1 heterocycles. The molecule has 0 saturated heterocycles. The number of halogens is 3. The van der Waals surface area contributed by atoms with Gasteiger partial charge in [-0.15, -0.1) is 0 Å². The Labute approximate surface area is 308 Å². The Morgan fingerprint density at radius 1 is 0.868 bits per heavy atom. The van der Waals surface area contributed by atoms with Crippen LogP contribution in [0.1, 0.15) is 69.2 Å². The third-order valence-corrected chi connectivity index (χ3v) is 11.4. The molecule has 9 nitrogen and oxygen atoms in total. The number of benzene rings is 2. The van der Waals surface area contributed by atoms with Crippen LogP contribution in [0, 0.1) is 25.7 Å². The van der Waals surface area contributed by atoms with Gasteiger partial charge in [0.2, 0.25) is 0 Å². The first kappa shape index (κ1) is 39.3. The van der Waals surface area contributed by atoms with E-state index in [0.29, 0.717) is 48.6 Å². The Morgan fingerprint density at radius 2 is 1.40 bits per heavy atom. The molecule has 3 aromatic rings. The Morgan fingerprint density at radius 3 is 1.85 bits per heavy atom. The van der Waals surface area contributed by atoms with Gasteiger partial charge in [0, 0.05) is 5.56 Å². The van der Waals surface area contributed by atoms with Gasteiger partial charge in [-0.2, -0.15) is 18.3 Å². The van der Waals surface area contributed by atoms with Crippen LogP contribution in [0.2, 0.25) is 0 Å². The van der Waals surface area contributed by atoms with Crippen LogP contribution in [-0.4, -0.2) is 47.9 Å². The molecule has 0 spiro atoms. The molecule has 0 N–H and O–H groups in total. The summed E-state index contributed by atoms with van der Waals surface area (Å²) < 4.78 is 81.4. The van der Waals surface area contributed by atoms with E-state index >= 15 is 0 Å². The second-order valence-corrected chi connectivity index (χ2v) is 15.7. The summed E-state index contributed by atoms with van der Waals surface area (Å²) in [7, 11) is -4.92. The fourth-order valence-electron chi connectivity index (χ4n) is 6.42. The molecule has 13 heteroatoms. The molecule has 0 unspecified atom stereocenters. The molecule has 2 atom stereocenters. The van der Waals surface area contributed by atoms with E-state index in [1.165, 1.54) is 12.1 Å². The first-order chi connectivity index (χ1) is 24.9. The molecule has 2 aromatic carbocycles. The number of nitrogens with zero attached hydrogens (tertiary/aromatic N) is 3. The van der Waals surface area contributed by atoms with Gasteiger partial charge in [0.25, 0.3) is 10.0 Å². The van der Waals surface area contributed by atoms with Crippen LogP contribution >= 0.6 is 0 Å². The van der Waals surface area contributed by atoms with E-state index in [-0.39, 0.29) is 28.9 Å². The molecule has 5 rings (SSSR count). The SMILES string of the molecule is C=C(C)[C@@H]1CC=C(COC(=O)N(C(=O)OCC2=CC[C@H](C(=C)C)CC2)S(=O)(=O)c2ccc(-n3nc(C(F)(F)F)cc3-c3cc(C)ccc3C)cc2)CC1. The van der Waals surface area contributed by atoms with Crippen LogP contribution in [0.3, 0.4) is 0 Å². The molecule has 2 amide bonds. The quantitative estimate of drug-likeness (QED) is 0.190. The summed E-state index contributed by atoms with van der Waals surface area (Å²) in [5.41, 5.74) is 4.80. The van der Waals surface area contributed by atoms with Crippen molar-refractivity contribution >= 4 is 22.2 Å². The van der Waals surface area contributed by atoms with Crippen LogP contribution in [0.25, 0.3) is 16.9 Å². The number of amides is 2. The molecule has 53 heavy (non-hydrogen) atoms. The average Bonchev–Trinajstić information content (AvgIpc) is 3.57. The lowest BCUT2D eigenvalue weighted by molar-refractivity contribution is -0.141. The van der Waals surface area contributed by atoms with Gasteiger partial charge in [0.15, 0.2) is 5.69 Å². The van der Waals surface area contributed by atoms with Crippen molar-refractivity contribution in [2.45, 2.75) is 77.3 Å². The zero-order valence-electron chi connectivity index (χ0n) is 30.3. The van der Waals surface area contributed by atoms with E-state index in [4.69, 9.17) is 9.47 Å². The van der Waals surface area contributed by atoms with Gasteiger partial charge in [-0.25, -0.2) is 22.7 Å². The van der Waals surface area contributed by atoms with Gasteiger partial charge in [-0.3, -0.25) is 0 Å². The summed E-state index contributed by atoms with van der Waals surface area (Å²) in [6.07, 6.45) is 0.414. The van der Waals surface area contributed by atoms with Crippen molar-refractivity contribution in [2.24, 2.45) is 11.8 Å². The minimum atomic E-state index is -4.92. The Hall–Kier alpha value is -4.91. The van der Waals surface area contributed by atoms with Crippen molar-refractivity contribution in [2.75, 3.05) is 13.2 Å². The van der Waals surface area contributed by atoms with E-state index in [0.717, 1.165) is 63.6 Å². The Kier molecular flexibility index (Phi) is 11.9. The maximum atomic E-state index is 14.0. The average molecular weight is 752 g/mol. The minimum absolute atomic E-state index is 0.0423. The van der Waals surface area contributed by atoms with E-state index in [1.54, 1.807) is 19.1 Å². The molecular formula is C40H44F3N3O6S. The van der Waals surface area contributed by atoms with Gasteiger partial charge in [-0.05, 0) is 131 Å². The highest BCUT2D eigenvalue weighted by atomic mass is 32.2. The molecule has 2 aliphatic carbocycles. The summed E-state index contributed by atoms with van der Waals surface area (Å²) in [5, 5.41) is 3.81. The van der Waals surface area contributed by atoms with E-state index < -0.39 is 39.0 Å². The molecule has 2 aliphatic rings. The van der Waals surface area contributed by atoms with Crippen molar-refractivity contribution in [3.8, 4) is 16.9 Å². The zero-order valence-corrected chi connectivity index (χ0v) is 31.1. The lowest BCUT2D eigenvalue weighted by Crippen LogP contribution is -2.43. The topological polar surface area (TPSA) is 108 Å². The van der Waals surface area contributed by atoms with Crippen LogP contribution in [-0.2, 0) is 25.7 Å². The number of rotatable bonds is 10. The number of aryl methyl sites for hydroxylation is 2. The smallest absolute Gasteiger partial charge is 0.435 e. The second-order valence-electron chi connectivity index (χ2n) is 13.9. The maximum Gasteiger partial charge on any atom is 0.435 e. The number of aromatic nitrogens is 2. The highest BCUT2D eigenvalue weighted by Gasteiger charge is 2.39. The van der Waals surface area contributed by atoms with Gasteiger partial charge >= 0.3 is 18.4 Å². The summed E-state index contributed by atoms with van der Waals surface area (Å²) in [6, 6.07) is 11.0. The second kappa shape index (κ2) is 16.0. The van der Waals surface area contributed by atoms with Gasteiger partial charge in [0.1, 0.15) is 13.2 Å². The number of allylic oxidation sites excluding steroid dienone is 4. The van der Waals surface area contributed by atoms with Gasteiger partial charge in [0.05, 0.1) is 16.3 Å². The number of hydrogen-bond acceptors (Lipinski definition) is 7. The number of sulfonamides is 1. The predicted octanol–water partition coefficient (Wildman–Crippen LogP) is 10.0. The lowest BCUT2D eigenvalue weighted by atomic mass is 9.86. The largest absolute Gasteiger partial charge is 0.444 e. The number of imide groups is 1. The lowest BCUT2D eigenvalue weighted by Gasteiger charge is -2.24. The van der Waals surface area contributed by atoms with Crippen molar-refractivity contribution in [3.63, 3.8) is 0 Å². The van der Waals surface area contributed by atoms with E-state index in [9.17, 15) is 31.2 Å². The number of carbonyl (C=O) groups is 2. The first-order valence-corrected chi connectivity index (χ1v) is 18.8. The first-order valence-electron chi connectivity index (χ1n) is 17.4. The number of hydrogen-bond donors (Lipinski definition) is 0. The van der Waals surface area contributed by atoms with Crippen LogP contribution in [0.4, 0.5) is 22.8 Å². The van der Waals surface area contributed by atoms with E-state index in [1.807, 2.05) is 39.0 Å². The number of alkyl halides is 3. The van der Waals surface area contributed by atoms with Crippen LogP contribution < -0.4 is 0 Å². The van der Waals surface area contributed by atoms with Gasteiger partial charge in [-0.1, -0.05) is 58.5 Å². The fourth-order valence-corrected chi connectivity index (χ4v) is 7.60. The normalized spacial score (nSPS) is 17.7. The highest BCUT2D eigenvalue weighted by Crippen LogP contribution is 2.35. The maximum absolute atomic E-state index is 14.0. The fraction of sp³-hybridized carbons (Fsp3) is 0.375. The van der Waals surface area contributed by atoms with Crippen molar-refractivity contribution in [3.05, 3.63) is 113 Å². The molecule has 0 radical (unpaired) electrons. The monoisotopic (exact) mass is 751 g/mol. The molecule has 1 aromatic heterocycles. The van der Waals surface area contributed by atoms with Crippen molar-refractivity contribution in [1.82, 2.24) is 14.1 Å². The minimum Gasteiger partial charge on any atom is -0.444 e. The van der Waals surface area contributed by atoms with Crippen LogP contribution in [0.5, 0.6) is 0 Å². The molecule has 0 fully saturated rings. The summed E-state index contributed by atoms with van der Waals surface area (Å²) >= 11 is 0. The summed E-state index contributed by atoms with van der Waals surface area (Å²) in [6.45, 7) is 15.0. The molecule has 282 valence electrons. The standard InChI is InChI=1S/C40H44F3N3O6S/c1-25(2)31-13-9-29(10-14-31)23-51-38(47)46(39(48)52-24-30-11-15-32(16-12-30)26(3)4)53(49,50)34-19-17-33(18-20-34)45-36(22-37(44-45)40(41,42)43)35-21-27(5)7-8-28(35)6/h7-9,11,17-22,31-32H,1,3,10,12-16,23-24H2,2,4-6H3/t31-,32+. The third-order valence-electron chi connectivity index (χ3n) is 9.79. The predicted molar refractivity (Wildman–Crippen MR) is 196 cm³/mol. The Balaban J connectivity index is 1.44. The zero-order chi connectivity index (χ0) is 38.7. The molecule has 0 bridgehead atoms. The molecule has 0 saturated carbocycles. The van der Waals surface area contributed by atoms with Gasteiger partial charge < -0.3 is 9.47 Å². The number of carbonyl (C=O) groups excluding carboxylic acids is 2.